The van der Waals surface area contributed by atoms with Crippen LogP contribution in [0.5, 0.6) is 0 Å². The van der Waals surface area contributed by atoms with Crippen molar-refractivity contribution < 1.29 is 4.79 Å². The highest BCUT2D eigenvalue weighted by atomic mass is 16.2. The number of aryl methyl sites for hydroxylation is 3. The molecule has 5 nitrogen and oxygen atoms in total. The number of hydrogen-bond donors (Lipinski definition) is 1. The maximum Gasteiger partial charge on any atom is 0.227 e. The van der Waals surface area contributed by atoms with E-state index in [1.807, 2.05) is 30.9 Å². The molecule has 1 aliphatic rings. The predicted molar refractivity (Wildman–Crippen MR) is 109 cm³/mol. The molecule has 1 aromatic carbocycles. The number of nitrogens with zero attached hydrogens (tertiary/aromatic N) is 3. The van der Waals surface area contributed by atoms with E-state index in [1.165, 1.54) is 5.69 Å². The second kappa shape index (κ2) is 7.06. The lowest BCUT2D eigenvalue weighted by Gasteiger charge is -2.36. The smallest absolute Gasteiger partial charge is 0.227 e. The van der Waals surface area contributed by atoms with E-state index in [2.05, 4.69) is 46.1 Å². The number of aromatic nitrogens is 2. The number of carbonyl (C=O) groups excluding carboxylic acids is 1. The first-order chi connectivity index (χ1) is 13.0. The lowest BCUT2D eigenvalue weighted by atomic mass is 10.1. The van der Waals surface area contributed by atoms with Crippen LogP contribution in [0.1, 0.15) is 22.6 Å². The van der Waals surface area contributed by atoms with Crippen LogP contribution in [0.15, 0.2) is 36.4 Å². The Morgan fingerprint density at radius 3 is 2.41 bits per heavy atom. The van der Waals surface area contributed by atoms with E-state index in [0.717, 1.165) is 59.7 Å². The highest BCUT2D eigenvalue weighted by Gasteiger charge is 2.23. The number of anilines is 1. The molecule has 0 bridgehead atoms. The van der Waals surface area contributed by atoms with Gasteiger partial charge < -0.3 is 14.8 Å². The standard InChI is InChI=1S/C22H26N4O/c1-15-12-18(13-16(2)23-15)25-8-10-26(11-9-25)22(27)14-20-17(3)24-21-7-5-4-6-19(20)21/h4-7,12-13,24H,8-11,14H2,1-3H3. The van der Waals surface area contributed by atoms with Crippen LogP contribution < -0.4 is 4.90 Å². The fraction of sp³-hybridized carbons (Fsp3) is 0.364. The number of pyridine rings is 1. The summed E-state index contributed by atoms with van der Waals surface area (Å²) in [5.41, 5.74) is 6.60. The molecule has 3 aromatic rings. The monoisotopic (exact) mass is 362 g/mol. The Bertz CT molecular complexity index is 963. The normalized spacial score (nSPS) is 14.8. The minimum atomic E-state index is 0.213. The first-order valence-electron chi connectivity index (χ1n) is 9.55. The van der Waals surface area contributed by atoms with Crippen molar-refractivity contribution in [3.8, 4) is 0 Å². The highest BCUT2D eigenvalue weighted by Crippen LogP contribution is 2.24. The van der Waals surface area contributed by atoms with Gasteiger partial charge in [0.1, 0.15) is 0 Å². The van der Waals surface area contributed by atoms with Crippen LogP contribution in [-0.4, -0.2) is 47.0 Å². The molecular weight excluding hydrogens is 336 g/mol. The van der Waals surface area contributed by atoms with Gasteiger partial charge in [0.15, 0.2) is 0 Å². The van der Waals surface area contributed by atoms with Gasteiger partial charge >= 0.3 is 0 Å². The fourth-order valence-electron chi connectivity index (χ4n) is 4.03. The molecule has 1 saturated heterocycles. The lowest BCUT2D eigenvalue weighted by Crippen LogP contribution is -2.49. The molecule has 2 aromatic heterocycles. The third-order valence-electron chi connectivity index (χ3n) is 5.42. The van der Waals surface area contributed by atoms with Crippen molar-refractivity contribution in [3.05, 3.63) is 59.0 Å². The summed E-state index contributed by atoms with van der Waals surface area (Å²) in [5.74, 6) is 0.213. The third-order valence-corrected chi connectivity index (χ3v) is 5.42. The molecular formula is C22H26N4O. The third kappa shape index (κ3) is 3.54. The summed E-state index contributed by atoms with van der Waals surface area (Å²) < 4.78 is 0. The zero-order chi connectivity index (χ0) is 19.0. The van der Waals surface area contributed by atoms with Crippen LogP contribution in [0.25, 0.3) is 10.9 Å². The van der Waals surface area contributed by atoms with Gasteiger partial charge in [-0.3, -0.25) is 9.78 Å². The summed E-state index contributed by atoms with van der Waals surface area (Å²) in [6, 6.07) is 12.5. The number of amides is 1. The SMILES string of the molecule is Cc1cc(N2CCN(C(=O)Cc3c(C)[nH]c4ccccc34)CC2)cc(C)n1. The summed E-state index contributed by atoms with van der Waals surface area (Å²) in [5, 5.41) is 1.16. The van der Waals surface area contributed by atoms with Gasteiger partial charge in [-0.25, -0.2) is 0 Å². The van der Waals surface area contributed by atoms with Crippen molar-refractivity contribution in [1.82, 2.24) is 14.9 Å². The van der Waals surface area contributed by atoms with Crippen molar-refractivity contribution in [3.63, 3.8) is 0 Å². The zero-order valence-corrected chi connectivity index (χ0v) is 16.2. The molecule has 0 aliphatic carbocycles. The Morgan fingerprint density at radius 1 is 1.04 bits per heavy atom. The van der Waals surface area contributed by atoms with Gasteiger partial charge in [-0.05, 0) is 44.5 Å². The summed E-state index contributed by atoms with van der Waals surface area (Å²) in [7, 11) is 0. The minimum absolute atomic E-state index is 0.213. The van der Waals surface area contributed by atoms with Gasteiger partial charge in [-0.1, -0.05) is 18.2 Å². The average molecular weight is 362 g/mol. The van der Waals surface area contributed by atoms with E-state index in [1.54, 1.807) is 0 Å². The van der Waals surface area contributed by atoms with E-state index in [4.69, 9.17) is 0 Å². The molecule has 0 radical (unpaired) electrons. The molecule has 0 saturated carbocycles. The van der Waals surface area contributed by atoms with Crippen molar-refractivity contribution in [2.24, 2.45) is 0 Å². The second-order valence-electron chi connectivity index (χ2n) is 7.43. The number of H-pyrrole nitrogens is 1. The van der Waals surface area contributed by atoms with Crippen molar-refractivity contribution in [1.29, 1.82) is 0 Å². The maximum atomic E-state index is 12.9. The number of hydrogen-bond acceptors (Lipinski definition) is 3. The van der Waals surface area contributed by atoms with Gasteiger partial charge in [-0.2, -0.15) is 0 Å². The number of carbonyl (C=O) groups is 1. The van der Waals surface area contributed by atoms with E-state index >= 15 is 0 Å². The Hall–Kier alpha value is -2.82. The van der Waals surface area contributed by atoms with Crippen LogP contribution in [-0.2, 0) is 11.2 Å². The van der Waals surface area contributed by atoms with Gasteiger partial charge in [0, 0.05) is 59.9 Å². The molecule has 0 unspecified atom stereocenters. The van der Waals surface area contributed by atoms with Crippen molar-refractivity contribution >= 4 is 22.5 Å². The van der Waals surface area contributed by atoms with Gasteiger partial charge in [0.2, 0.25) is 5.91 Å². The average Bonchev–Trinajstić information content (AvgIpc) is 2.96. The van der Waals surface area contributed by atoms with Gasteiger partial charge in [-0.15, -0.1) is 0 Å². The largest absolute Gasteiger partial charge is 0.368 e. The molecule has 3 heterocycles. The molecule has 4 rings (SSSR count). The fourth-order valence-corrected chi connectivity index (χ4v) is 4.03. The van der Waals surface area contributed by atoms with Crippen LogP contribution in [0.4, 0.5) is 5.69 Å². The number of piperazine rings is 1. The molecule has 0 spiro atoms. The number of para-hydroxylation sites is 1. The van der Waals surface area contributed by atoms with E-state index in [9.17, 15) is 4.79 Å². The van der Waals surface area contributed by atoms with Gasteiger partial charge in [0.05, 0.1) is 6.42 Å². The molecule has 1 amide bonds. The first kappa shape index (κ1) is 17.6. The Labute approximate surface area is 160 Å². The summed E-state index contributed by atoms with van der Waals surface area (Å²) in [6.07, 6.45) is 0.462. The highest BCUT2D eigenvalue weighted by molar-refractivity contribution is 5.90. The Balaban J connectivity index is 1.43. The zero-order valence-electron chi connectivity index (χ0n) is 16.2. The van der Waals surface area contributed by atoms with Crippen molar-refractivity contribution in [2.75, 3.05) is 31.1 Å². The quantitative estimate of drug-likeness (QED) is 0.777. The molecule has 1 fully saturated rings. The lowest BCUT2D eigenvalue weighted by molar-refractivity contribution is -0.130. The van der Waals surface area contributed by atoms with Crippen LogP contribution in [0, 0.1) is 20.8 Å². The van der Waals surface area contributed by atoms with Crippen LogP contribution >= 0.6 is 0 Å². The van der Waals surface area contributed by atoms with Crippen LogP contribution in [0.2, 0.25) is 0 Å². The summed E-state index contributed by atoms with van der Waals surface area (Å²) in [4.78, 5) is 25.1. The number of nitrogens with one attached hydrogen (secondary N) is 1. The molecule has 140 valence electrons. The van der Waals surface area contributed by atoms with Gasteiger partial charge in [0.25, 0.3) is 0 Å². The number of rotatable bonds is 3. The summed E-state index contributed by atoms with van der Waals surface area (Å²) >= 11 is 0. The minimum Gasteiger partial charge on any atom is -0.368 e. The number of benzene rings is 1. The van der Waals surface area contributed by atoms with E-state index < -0.39 is 0 Å². The van der Waals surface area contributed by atoms with Crippen molar-refractivity contribution in [2.45, 2.75) is 27.2 Å². The van der Waals surface area contributed by atoms with Crippen LogP contribution in [0.3, 0.4) is 0 Å². The van der Waals surface area contributed by atoms with E-state index in [-0.39, 0.29) is 5.91 Å². The second-order valence-corrected chi connectivity index (χ2v) is 7.43. The molecule has 27 heavy (non-hydrogen) atoms. The molecule has 1 aliphatic heterocycles. The van der Waals surface area contributed by atoms with E-state index in [0.29, 0.717) is 6.42 Å². The molecule has 1 N–H and O–H groups in total. The number of fused-ring (bicyclic) bond motifs is 1. The maximum absolute atomic E-state index is 12.9. The predicted octanol–water partition coefficient (Wildman–Crippen LogP) is 3.38. The first-order valence-corrected chi connectivity index (χ1v) is 9.55. The molecule has 0 atom stereocenters. The summed E-state index contributed by atoms with van der Waals surface area (Å²) in [6.45, 7) is 9.36. The molecule has 5 heteroatoms. The Morgan fingerprint density at radius 2 is 1.70 bits per heavy atom. The Kier molecular flexibility index (Phi) is 4.60. The topological polar surface area (TPSA) is 52.2 Å². The number of aromatic amines is 1.